The molecule has 0 fully saturated rings. The smallest absolute Gasteiger partial charge is 0.273 e. The van der Waals surface area contributed by atoms with Gasteiger partial charge in [0.25, 0.3) is 5.69 Å². The van der Waals surface area contributed by atoms with Crippen molar-refractivity contribution in [2.45, 2.75) is 6.61 Å². The summed E-state index contributed by atoms with van der Waals surface area (Å²) in [6.07, 6.45) is 1.56. The lowest BCUT2D eigenvalue weighted by Gasteiger charge is -2.10. The molecule has 0 atom stereocenters. The fourth-order valence-corrected chi connectivity index (χ4v) is 1.78. The number of rotatable bonds is 5. The van der Waals surface area contributed by atoms with Crippen molar-refractivity contribution >= 4 is 17.3 Å². The first kappa shape index (κ1) is 14.1. The van der Waals surface area contributed by atoms with Gasteiger partial charge in [0.1, 0.15) is 11.8 Å². The average Bonchev–Trinajstić information content (AvgIpc) is 2.44. The van der Waals surface area contributed by atoms with Crippen LogP contribution in [0.1, 0.15) is 5.56 Å². The Morgan fingerprint density at radius 2 is 2.10 bits per heavy atom. The number of halogens is 1. The number of pyridine rings is 1. The highest BCUT2D eigenvalue weighted by molar-refractivity contribution is 6.29. The van der Waals surface area contributed by atoms with Crippen LogP contribution in [0.15, 0.2) is 36.5 Å². The standard InChI is InChI=1S/C13H11ClN2O4/c1-19-11-3-2-10(16(17)18)7-12(11)20-8-9-4-5-15-13(14)6-9/h2-7H,8H2,1H3. The van der Waals surface area contributed by atoms with Crippen molar-refractivity contribution in [2.75, 3.05) is 7.11 Å². The highest BCUT2D eigenvalue weighted by Gasteiger charge is 2.12. The van der Waals surface area contributed by atoms with Gasteiger partial charge in [-0.05, 0) is 23.8 Å². The number of nitrogens with zero attached hydrogens (tertiary/aromatic N) is 2. The Bertz CT molecular complexity index is 634. The first-order valence-electron chi connectivity index (χ1n) is 5.66. The Morgan fingerprint density at radius 1 is 1.30 bits per heavy atom. The van der Waals surface area contributed by atoms with Gasteiger partial charge < -0.3 is 9.47 Å². The molecule has 0 bridgehead atoms. The van der Waals surface area contributed by atoms with Gasteiger partial charge in [-0.1, -0.05) is 11.6 Å². The van der Waals surface area contributed by atoms with E-state index in [2.05, 4.69) is 4.98 Å². The maximum atomic E-state index is 10.8. The molecule has 0 saturated carbocycles. The van der Waals surface area contributed by atoms with E-state index in [1.54, 1.807) is 18.3 Å². The van der Waals surface area contributed by atoms with E-state index in [0.717, 1.165) is 5.56 Å². The minimum atomic E-state index is -0.490. The molecular formula is C13H11ClN2O4. The van der Waals surface area contributed by atoms with Crippen molar-refractivity contribution in [3.63, 3.8) is 0 Å². The minimum Gasteiger partial charge on any atom is -0.493 e. The van der Waals surface area contributed by atoms with E-state index in [-0.39, 0.29) is 12.3 Å². The van der Waals surface area contributed by atoms with Gasteiger partial charge in [0, 0.05) is 12.3 Å². The topological polar surface area (TPSA) is 74.5 Å². The fraction of sp³-hybridized carbons (Fsp3) is 0.154. The highest BCUT2D eigenvalue weighted by atomic mass is 35.5. The fourth-order valence-electron chi connectivity index (χ4n) is 1.59. The van der Waals surface area contributed by atoms with Crippen molar-refractivity contribution in [1.82, 2.24) is 4.98 Å². The minimum absolute atomic E-state index is 0.0615. The summed E-state index contributed by atoms with van der Waals surface area (Å²) in [6.45, 7) is 0.208. The van der Waals surface area contributed by atoms with Crippen molar-refractivity contribution in [1.29, 1.82) is 0 Å². The van der Waals surface area contributed by atoms with Crippen LogP contribution in [0.25, 0.3) is 0 Å². The second kappa shape index (κ2) is 6.21. The molecule has 0 amide bonds. The molecule has 6 nitrogen and oxygen atoms in total. The first-order valence-corrected chi connectivity index (χ1v) is 6.03. The maximum Gasteiger partial charge on any atom is 0.273 e. The second-order valence-electron chi connectivity index (χ2n) is 3.87. The molecule has 7 heteroatoms. The zero-order valence-electron chi connectivity index (χ0n) is 10.6. The largest absolute Gasteiger partial charge is 0.493 e. The molecular weight excluding hydrogens is 284 g/mol. The molecule has 0 N–H and O–H groups in total. The van der Waals surface area contributed by atoms with Gasteiger partial charge in [-0.15, -0.1) is 0 Å². The van der Waals surface area contributed by atoms with Crippen LogP contribution in [0.4, 0.5) is 5.69 Å². The molecule has 0 aliphatic carbocycles. The summed E-state index contributed by atoms with van der Waals surface area (Å²) in [6, 6.07) is 7.57. The Hall–Kier alpha value is -2.34. The monoisotopic (exact) mass is 294 g/mol. The van der Waals surface area contributed by atoms with Gasteiger partial charge in [-0.25, -0.2) is 4.98 Å². The lowest BCUT2D eigenvalue weighted by Crippen LogP contribution is -1.99. The Kier molecular flexibility index (Phi) is 4.37. The first-order chi connectivity index (χ1) is 9.60. The Morgan fingerprint density at radius 3 is 2.75 bits per heavy atom. The van der Waals surface area contributed by atoms with Gasteiger partial charge in [0.05, 0.1) is 18.1 Å². The van der Waals surface area contributed by atoms with E-state index >= 15 is 0 Å². The van der Waals surface area contributed by atoms with Crippen LogP contribution in [0.5, 0.6) is 11.5 Å². The number of nitro benzene ring substituents is 1. The van der Waals surface area contributed by atoms with Crippen molar-refractivity contribution < 1.29 is 14.4 Å². The summed E-state index contributed by atoms with van der Waals surface area (Å²) in [5, 5.41) is 11.1. The van der Waals surface area contributed by atoms with Gasteiger partial charge in [-0.3, -0.25) is 10.1 Å². The van der Waals surface area contributed by atoms with Gasteiger partial charge in [0.2, 0.25) is 0 Å². The molecule has 20 heavy (non-hydrogen) atoms. The van der Waals surface area contributed by atoms with Gasteiger partial charge >= 0.3 is 0 Å². The van der Waals surface area contributed by atoms with Crippen LogP contribution >= 0.6 is 11.6 Å². The summed E-state index contributed by atoms with van der Waals surface area (Å²) >= 11 is 5.77. The number of hydrogen-bond donors (Lipinski definition) is 0. The summed E-state index contributed by atoms with van der Waals surface area (Å²) in [5.74, 6) is 0.727. The summed E-state index contributed by atoms with van der Waals surface area (Å²) in [4.78, 5) is 14.1. The lowest BCUT2D eigenvalue weighted by molar-refractivity contribution is -0.385. The molecule has 0 aliphatic rings. The molecule has 1 aromatic carbocycles. The molecule has 104 valence electrons. The number of hydrogen-bond acceptors (Lipinski definition) is 5. The number of methoxy groups -OCH3 is 1. The third-order valence-corrected chi connectivity index (χ3v) is 2.75. The van der Waals surface area contributed by atoms with Gasteiger partial charge in [0.15, 0.2) is 11.5 Å². The number of aromatic nitrogens is 1. The van der Waals surface area contributed by atoms with E-state index in [1.807, 2.05) is 0 Å². The predicted molar refractivity (Wildman–Crippen MR) is 73.2 cm³/mol. The number of non-ortho nitro benzene ring substituents is 1. The predicted octanol–water partition coefficient (Wildman–Crippen LogP) is 3.23. The van der Waals surface area contributed by atoms with E-state index < -0.39 is 4.92 Å². The van der Waals surface area contributed by atoms with Crippen LogP contribution in [-0.2, 0) is 6.61 Å². The van der Waals surface area contributed by atoms with Gasteiger partial charge in [-0.2, -0.15) is 0 Å². The number of benzene rings is 1. The molecule has 1 heterocycles. The summed E-state index contributed by atoms with van der Waals surface area (Å²) in [7, 11) is 1.47. The molecule has 1 aromatic heterocycles. The summed E-state index contributed by atoms with van der Waals surface area (Å²) < 4.78 is 10.7. The molecule has 0 aliphatic heterocycles. The van der Waals surface area contributed by atoms with Crippen molar-refractivity contribution in [2.24, 2.45) is 0 Å². The molecule has 0 unspecified atom stereocenters. The Labute approximate surface area is 120 Å². The molecule has 0 spiro atoms. The summed E-state index contributed by atoms with van der Waals surface area (Å²) in [5.41, 5.74) is 0.743. The third kappa shape index (κ3) is 3.36. The van der Waals surface area contributed by atoms with E-state index in [4.69, 9.17) is 21.1 Å². The van der Waals surface area contributed by atoms with E-state index in [9.17, 15) is 10.1 Å². The number of ether oxygens (including phenoxy) is 2. The van der Waals surface area contributed by atoms with Crippen LogP contribution in [0, 0.1) is 10.1 Å². The van der Waals surface area contributed by atoms with Crippen molar-refractivity contribution in [3.8, 4) is 11.5 Å². The van der Waals surface area contributed by atoms with E-state index in [0.29, 0.717) is 16.7 Å². The normalized spacial score (nSPS) is 10.1. The lowest BCUT2D eigenvalue weighted by atomic mass is 10.2. The maximum absolute atomic E-state index is 10.8. The quantitative estimate of drug-likeness (QED) is 0.481. The second-order valence-corrected chi connectivity index (χ2v) is 4.26. The van der Waals surface area contributed by atoms with Crippen LogP contribution in [0.3, 0.4) is 0 Å². The number of nitro groups is 1. The molecule has 0 saturated heterocycles. The molecule has 0 radical (unpaired) electrons. The third-order valence-electron chi connectivity index (χ3n) is 2.54. The van der Waals surface area contributed by atoms with Crippen molar-refractivity contribution in [3.05, 3.63) is 57.4 Å². The van der Waals surface area contributed by atoms with Crippen LogP contribution < -0.4 is 9.47 Å². The average molecular weight is 295 g/mol. The zero-order chi connectivity index (χ0) is 14.5. The molecule has 2 aromatic rings. The highest BCUT2D eigenvalue weighted by Crippen LogP contribution is 2.31. The molecule has 2 rings (SSSR count). The van der Waals surface area contributed by atoms with Crippen LogP contribution in [0.2, 0.25) is 5.15 Å². The van der Waals surface area contributed by atoms with E-state index in [1.165, 1.54) is 25.3 Å². The van der Waals surface area contributed by atoms with Crippen LogP contribution in [-0.4, -0.2) is 17.0 Å². The Balaban J connectivity index is 2.19. The zero-order valence-corrected chi connectivity index (χ0v) is 11.3. The SMILES string of the molecule is COc1ccc([N+](=O)[O-])cc1OCc1ccnc(Cl)c1.